The van der Waals surface area contributed by atoms with Gasteiger partial charge in [0, 0.05) is 29.6 Å². The SMILES string of the molecule is CCCCNC(=O)C(Cc1ccccc1)N(Cc1ccc(Cl)cc1Cl)C(=O)CN(c1cc(C)cc(C)c1)S(=O)(=O)c1ccc(C)cc1. The number of carbonyl (C=O) groups excluding carboxylic acids is 2. The summed E-state index contributed by atoms with van der Waals surface area (Å²) in [5.41, 5.74) is 4.37. The van der Waals surface area contributed by atoms with Crippen molar-refractivity contribution in [3.05, 3.63) is 129 Å². The van der Waals surface area contributed by atoms with Gasteiger partial charge in [0.15, 0.2) is 0 Å². The zero-order valence-corrected chi connectivity index (χ0v) is 29.5. The van der Waals surface area contributed by atoms with Gasteiger partial charge in [-0.25, -0.2) is 8.42 Å². The average molecular weight is 695 g/mol. The van der Waals surface area contributed by atoms with E-state index in [9.17, 15) is 18.0 Å². The van der Waals surface area contributed by atoms with Gasteiger partial charge in [0.05, 0.1) is 10.6 Å². The summed E-state index contributed by atoms with van der Waals surface area (Å²) in [5.74, 6) is -0.891. The number of aryl methyl sites for hydroxylation is 3. The highest BCUT2D eigenvalue weighted by atomic mass is 35.5. The van der Waals surface area contributed by atoms with Crippen molar-refractivity contribution in [2.24, 2.45) is 0 Å². The molecule has 0 aromatic heterocycles. The van der Waals surface area contributed by atoms with Gasteiger partial charge in [-0.05, 0) is 85.8 Å². The maximum Gasteiger partial charge on any atom is 0.264 e. The summed E-state index contributed by atoms with van der Waals surface area (Å²) in [6.45, 7) is 7.51. The fourth-order valence-corrected chi connectivity index (χ4v) is 7.22. The minimum Gasteiger partial charge on any atom is -0.354 e. The van der Waals surface area contributed by atoms with E-state index >= 15 is 0 Å². The summed E-state index contributed by atoms with van der Waals surface area (Å²) in [6, 6.07) is 25.4. The third-order valence-electron chi connectivity index (χ3n) is 7.84. The van der Waals surface area contributed by atoms with Gasteiger partial charge >= 0.3 is 0 Å². The van der Waals surface area contributed by atoms with Crippen LogP contribution in [0.3, 0.4) is 0 Å². The molecule has 7 nitrogen and oxygen atoms in total. The predicted octanol–water partition coefficient (Wildman–Crippen LogP) is 7.67. The molecule has 4 aromatic rings. The van der Waals surface area contributed by atoms with E-state index in [2.05, 4.69) is 5.32 Å². The van der Waals surface area contributed by atoms with Gasteiger partial charge in [-0.2, -0.15) is 0 Å². The van der Waals surface area contributed by atoms with E-state index in [1.165, 1.54) is 17.0 Å². The predicted molar refractivity (Wildman–Crippen MR) is 190 cm³/mol. The van der Waals surface area contributed by atoms with Crippen LogP contribution in [0.15, 0.2) is 95.9 Å². The number of amides is 2. The number of anilines is 1. The van der Waals surface area contributed by atoms with E-state index < -0.39 is 28.5 Å². The Morgan fingerprint density at radius 1 is 0.830 bits per heavy atom. The van der Waals surface area contributed by atoms with E-state index in [1.807, 2.05) is 64.1 Å². The van der Waals surface area contributed by atoms with Crippen LogP contribution in [-0.4, -0.2) is 44.3 Å². The topological polar surface area (TPSA) is 86.8 Å². The Morgan fingerprint density at radius 2 is 1.49 bits per heavy atom. The molecule has 0 fully saturated rings. The van der Waals surface area contributed by atoms with E-state index in [0.717, 1.165) is 39.4 Å². The lowest BCUT2D eigenvalue weighted by Gasteiger charge is -2.34. The lowest BCUT2D eigenvalue weighted by molar-refractivity contribution is -0.140. The van der Waals surface area contributed by atoms with Crippen molar-refractivity contribution >= 4 is 50.7 Å². The summed E-state index contributed by atoms with van der Waals surface area (Å²) in [4.78, 5) is 30.0. The third-order valence-corrected chi connectivity index (χ3v) is 10.2. The van der Waals surface area contributed by atoms with Crippen LogP contribution >= 0.6 is 23.2 Å². The van der Waals surface area contributed by atoms with E-state index in [0.29, 0.717) is 27.8 Å². The van der Waals surface area contributed by atoms with Crippen LogP contribution in [0.1, 0.15) is 47.6 Å². The van der Waals surface area contributed by atoms with Crippen LogP contribution in [0.5, 0.6) is 0 Å². The Hall–Kier alpha value is -3.85. The molecule has 10 heteroatoms. The van der Waals surface area contributed by atoms with Gasteiger partial charge in [0.2, 0.25) is 11.8 Å². The molecule has 0 aliphatic heterocycles. The molecule has 4 aromatic carbocycles. The fourth-order valence-electron chi connectivity index (χ4n) is 5.35. The van der Waals surface area contributed by atoms with Crippen LogP contribution in [0.2, 0.25) is 10.0 Å². The van der Waals surface area contributed by atoms with Crippen LogP contribution in [0, 0.1) is 20.8 Å². The number of nitrogens with zero attached hydrogens (tertiary/aromatic N) is 2. The molecule has 4 rings (SSSR count). The van der Waals surface area contributed by atoms with Crippen molar-refractivity contribution in [2.75, 3.05) is 17.4 Å². The summed E-state index contributed by atoms with van der Waals surface area (Å²) in [5, 5.41) is 3.75. The quantitative estimate of drug-likeness (QED) is 0.137. The number of sulfonamides is 1. The summed E-state index contributed by atoms with van der Waals surface area (Å²) >= 11 is 12.8. The minimum absolute atomic E-state index is 0.0429. The van der Waals surface area contributed by atoms with E-state index in [1.54, 1.807) is 42.5 Å². The highest BCUT2D eigenvalue weighted by Gasteiger charge is 2.35. The van der Waals surface area contributed by atoms with Gasteiger partial charge in [0.1, 0.15) is 12.6 Å². The molecule has 0 bridgehead atoms. The zero-order chi connectivity index (χ0) is 34.1. The van der Waals surface area contributed by atoms with Gasteiger partial charge in [-0.15, -0.1) is 0 Å². The van der Waals surface area contributed by atoms with E-state index in [-0.39, 0.29) is 23.8 Å². The number of halogens is 2. The van der Waals surface area contributed by atoms with Gasteiger partial charge in [-0.3, -0.25) is 13.9 Å². The Bertz CT molecular complexity index is 1780. The van der Waals surface area contributed by atoms with E-state index in [4.69, 9.17) is 23.2 Å². The largest absolute Gasteiger partial charge is 0.354 e. The number of hydrogen-bond acceptors (Lipinski definition) is 4. The number of nitrogens with one attached hydrogen (secondary N) is 1. The first-order valence-electron chi connectivity index (χ1n) is 15.6. The maximum absolute atomic E-state index is 14.6. The minimum atomic E-state index is -4.20. The van der Waals surface area contributed by atoms with Gasteiger partial charge in [-0.1, -0.05) is 96.7 Å². The number of hydrogen-bond donors (Lipinski definition) is 1. The molecule has 0 saturated carbocycles. The van der Waals surface area contributed by atoms with Gasteiger partial charge < -0.3 is 10.2 Å². The maximum atomic E-state index is 14.6. The van der Waals surface area contributed by atoms with Crippen molar-refractivity contribution in [3.8, 4) is 0 Å². The molecule has 0 radical (unpaired) electrons. The number of carbonyl (C=O) groups is 2. The highest BCUT2D eigenvalue weighted by molar-refractivity contribution is 7.92. The van der Waals surface area contributed by atoms with Crippen molar-refractivity contribution in [1.82, 2.24) is 10.2 Å². The first-order valence-corrected chi connectivity index (χ1v) is 17.8. The molecule has 0 saturated heterocycles. The molecule has 1 unspecified atom stereocenters. The smallest absolute Gasteiger partial charge is 0.264 e. The highest BCUT2D eigenvalue weighted by Crippen LogP contribution is 2.28. The molecule has 1 atom stereocenters. The second kappa shape index (κ2) is 16.3. The summed E-state index contributed by atoms with van der Waals surface area (Å²) in [6.07, 6.45) is 1.87. The second-order valence-electron chi connectivity index (χ2n) is 11.8. The third kappa shape index (κ3) is 9.60. The lowest BCUT2D eigenvalue weighted by atomic mass is 10.0. The Balaban J connectivity index is 1.83. The molecule has 0 spiro atoms. The summed E-state index contributed by atoms with van der Waals surface area (Å²) < 4.78 is 29.7. The van der Waals surface area contributed by atoms with Crippen LogP contribution in [0.4, 0.5) is 5.69 Å². The van der Waals surface area contributed by atoms with Gasteiger partial charge in [0.25, 0.3) is 10.0 Å². The Labute approximate surface area is 288 Å². The molecule has 0 heterocycles. The van der Waals surface area contributed by atoms with Crippen molar-refractivity contribution < 1.29 is 18.0 Å². The number of benzene rings is 4. The van der Waals surface area contributed by atoms with Crippen molar-refractivity contribution in [2.45, 2.75) is 64.4 Å². The molecule has 0 aliphatic rings. The Kier molecular flexibility index (Phi) is 12.5. The molecule has 1 N–H and O–H groups in total. The fraction of sp³-hybridized carbons (Fsp3) is 0.297. The normalized spacial score (nSPS) is 12.0. The lowest BCUT2D eigenvalue weighted by Crippen LogP contribution is -2.53. The standard InChI is InChI=1S/C37H41Cl2N3O4S/c1-5-6-18-40-37(44)35(22-29-10-8-7-9-11-29)41(24-30-14-15-31(38)23-34(30)39)36(43)25-42(32-20-27(3)19-28(4)21-32)47(45,46)33-16-12-26(2)13-17-33/h7-17,19-21,23,35H,5-6,18,22,24-25H2,1-4H3,(H,40,44). The molecular formula is C37H41Cl2N3O4S. The monoisotopic (exact) mass is 693 g/mol. The zero-order valence-electron chi connectivity index (χ0n) is 27.2. The number of unbranched alkanes of at least 4 members (excludes halogenated alkanes) is 1. The van der Waals surface area contributed by atoms with Crippen molar-refractivity contribution in [1.29, 1.82) is 0 Å². The Morgan fingerprint density at radius 3 is 2.11 bits per heavy atom. The first-order chi connectivity index (χ1) is 22.4. The van der Waals surface area contributed by atoms with Crippen molar-refractivity contribution in [3.63, 3.8) is 0 Å². The first kappa shape index (κ1) is 36.0. The van der Waals surface area contributed by atoms with Crippen LogP contribution in [0.25, 0.3) is 0 Å². The average Bonchev–Trinajstić information content (AvgIpc) is 3.02. The second-order valence-corrected chi connectivity index (χ2v) is 14.5. The van der Waals surface area contributed by atoms with Crippen LogP contribution in [-0.2, 0) is 32.6 Å². The molecule has 47 heavy (non-hydrogen) atoms. The molecular weight excluding hydrogens is 653 g/mol. The summed E-state index contributed by atoms with van der Waals surface area (Å²) in [7, 11) is -4.20. The molecule has 0 aliphatic carbocycles. The molecule has 2 amide bonds. The van der Waals surface area contributed by atoms with Crippen LogP contribution < -0.4 is 9.62 Å². The number of rotatable bonds is 14. The molecule has 248 valence electrons.